The molecule has 2 saturated carbocycles. The van der Waals surface area contributed by atoms with Gasteiger partial charge in [-0.05, 0) is 103 Å². The lowest BCUT2D eigenvalue weighted by atomic mass is 9.52. The van der Waals surface area contributed by atoms with Gasteiger partial charge in [-0.25, -0.2) is 0 Å². The van der Waals surface area contributed by atoms with E-state index in [0.29, 0.717) is 24.4 Å². The first kappa shape index (κ1) is 22.7. The number of methoxy groups -OCH3 is 1. The third kappa shape index (κ3) is 3.67. The zero-order chi connectivity index (χ0) is 24.0. The van der Waals surface area contributed by atoms with Crippen LogP contribution >= 0.6 is 0 Å². The quantitative estimate of drug-likeness (QED) is 0.437. The number of fused-ring (bicyclic) bond motifs is 5. The van der Waals surface area contributed by atoms with Crippen molar-refractivity contribution in [3.8, 4) is 11.5 Å². The predicted molar refractivity (Wildman–Crippen MR) is 139 cm³/mol. The minimum absolute atomic E-state index is 0.0843. The van der Waals surface area contributed by atoms with E-state index in [4.69, 9.17) is 9.47 Å². The second-order valence-electron chi connectivity index (χ2n) is 11.1. The number of hydrogen-bond acceptors (Lipinski definition) is 3. The molecule has 0 amide bonds. The van der Waals surface area contributed by atoms with E-state index in [1.807, 2.05) is 18.2 Å². The maximum Gasteiger partial charge on any atom is 0.120 e. The van der Waals surface area contributed by atoms with Gasteiger partial charge in [0, 0.05) is 5.41 Å². The van der Waals surface area contributed by atoms with Crippen molar-refractivity contribution in [3.63, 3.8) is 0 Å². The topological polar surface area (TPSA) is 38.7 Å². The maximum absolute atomic E-state index is 12.1. The van der Waals surface area contributed by atoms with Gasteiger partial charge in [0.1, 0.15) is 18.1 Å². The predicted octanol–water partition coefficient (Wildman–Crippen LogP) is 7.02. The summed E-state index contributed by atoms with van der Waals surface area (Å²) in [7, 11) is 1.69. The van der Waals surface area contributed by atoms with Gasteiger partial charge in [0.25, 0.3) is 0 Å². The molecule has 0 unspecified atom stereocenters. The van der Waals surface area contributed by atoms with Crippen molar-refractivity contribution in [1.82, 2.24) is 0 Å². The van der Waals surface area contributed by atoms with Crippen molar-refractivity contribution in [3.05, 3.63) is 95.1 Å². The summed E-state index contributed by atoms with van der Waals surface area (Å²) in [6.07, 6.45) is 6.47. The number of aryl methyl sites for hydroxylation is 1. The lowest BCUT2D eigenvalue weighted by Gasteiger charge is -2.53. The van der Waals surface area contributed by atoms with Crippen LogP contribution in [-0.2, 0) is 18.6 Å². The van der Waals surface area contributed by atoms with Crippen molar-refractivity contribution in [1.29, 1.82) is 0 Å². The average molecular weight is 469 g/mol. The van der Waals surface area contributed by atoms with Crippen LogP contribution in [0.5, 0.6) is 11.5 Å². The highest BCUT2D eigenvalue weighted by atomic mass is 16.5. The van der Waals surface area contributed by atoms with Crippen LogP contribution in [0.4, 0.5) is 0 Å². The Bertz CT molecular complexity index is 1190. The van der Waals surface area contributed by atoms with Crippen molar-refractivity contribution in [2.45, 2.75) is 63.6 Å². The Hall–Kier alpha value is -2.78. The van der Waals surface area contributed by atoms with Crippen LogP contribution in [0.3, 0.4) is 0 Å². The highest BCUT2D eigenvalue weighted by Crippen LogP contribution is 2.67. The Kier molecular flexibility index (Phi) is 5.64. The van der Waals surface area contributed by atoms with Gasteiger partial charge in [0.05, 0.1) is 12.7 Å². The molecule has 3 aromatic carbocycles. The van der Waals surface area contributed by atoms with Crippen LogP contribution in [0.2, 0.25) is 0 Å². The van der Waals surface area contributed by atoms with Gasteiger partial charge in [-0.1, -0.05) is 55.5 Å². The first-order chi connectivity index (χ1) is 17.0. The van der Waals surface area contributed by atoms with E-state index in [-0.39, 0.29) is 5.41 Å². The van der Waals surface area contributed by atoms with Crippen LogP contribution in [0.15, 0.2) is 72.8 Å². The van der Waals surface area contributed by atoms with Crippen LogP contribution in [0.1, 0.15) is 67.2 Å². The minimum atomic E-state index is -0.760. The average Bonchev–Trinajstić information content (AvgIpc) is 3.19. The van der Waals surface area contributed by atoms with E-state index in [2.05, 4.69) is 61.5 Å². The van der Waals surface area contributed by atoms with Gasteiger partial charge in [-0.15, -0.1) is 0 Å². The fraction of sp³-hybridized carbons (Fsp3) is 0.438. The largest absolute Gasteiger partial charge is 0.497 e. The molecule has 5 atom stereocenters. The van der Waals surface area contributed by atoms with Crippen LogP contribution in [-0.4, -0.2) is 12.2 Å². The lowest BCUT2D eigenvalue weighted by molar-refractivity contribution is -0.108. The molecule has 6 rings (SSSR count). The molecular formula is C32H36O3. The zero-order valence-corrected chi connectivity index (χ0v) is 20.9. The van der Waals surface area contributed by atoms with E-state index >= 15 is 0 Å². The van der Waals surface area contributed by atoms with Gasteiger partial charge in [0.2, 0.25) is 0 Å². The number of rotatable bonds is 5. The number of aliphatic hydroxyl groups is 1. The fourth-order valence-electron chi connectivity index (χ4n) is 7.75. The van der Waals surface area contributed by atoms with Crippen molar-refractivity contribution >= 4 is 0 Å². The van der Waals surface area contributed by atoms with E-state index < -0.39 is 5.60 Å². The summed E-state index contributed by atoms with van der Waals surface area (Å²) in [5.41, 5.74) is 4.39. The molecule has 0 heterocycles. The Morgan fingerprint density at radius 2 is 1.66 bits per heavy atom. The summed E-state index contributed by atoms with van der Waals surface area (Å²) < 4.78 is 11.5. The molecule has 0 spiro atoms. The Labute approximate surface area is 209 Å². The summed E-state index contributed by atoms with van der Waals surface area (Å²) in [6.45, 7) is 2.97. The molecule has 1 N–H and O–H groups in total. The normalized spacial score (nSPS) is 31.2. The van der Waals surface area contributed by atoms with Crippen LogP contribution < -0.4 is 9.47 Å². The molecular weight excluding hydrogens is 432 g/mol. The maximum atomic E-state index is 12.1. The fourth-order valence-corrected chi connectivity index (χ4v) is 7.75. The molecule has 2 fully saturated rings. The first-order valence-electron chi connectivity index (χ1n) is 13.2. The summed E-state index contributed by atoms with van der Waals surface area (Å²) >= 11 is 0. The molecule has 3 heteroatoms. The van der Waals surface area contributed by atoms with E-state index in [0.717, 1.165) is 49.2 Å². The standard InChI is InChI=1S/C32H36O3/c1-31-18-16-28-27-15-13-26(35-21-22-6-4-3-5-7-22)20-23(27)8-14-29(28)30(31)17-19-32(31,33)24-9-11-25(34-2)12-10-24/h3-7,9-13,15,20,28-30,33H,8,14,16-19,21H2,1-2H3/t28-,29-,30+,31+,32-/m1/s1. The lowest BCUT2D eigenvalue weighted by Crippen LogP contribution is -2.49. The number of ether oxygens (including phenoxy) is 2. The van der Waals surface area contributed by atoms with Crippen LogP contribution in [0.25, 0.3) is 0 Å². The van der Waals surface area contributed by atoms with Gasteiger partial charge >= 0.3 is 0 Å². The third-order valence-corrected chi connectivity index (χ3v) is 9.67. The second-order valence-corrected chi connectivity index (χ2v) is 11.1. The molecule has 0 radical (unpaired) electrons. The highest BCUT2D eigenvalue weighted by molar-refractivity contribution is 5.42. The zero-order valence-electron chi connectivity index (χ0n) is 20.9. The second kappa shape index (κ2) is 8.71. The monoisotopic (exact) mass is 468 g/mol. The molecule has 0 saturated heterocycles. The van der Waals surface area contributed by atoms with Gasteiger partial charge in [-0.3, -0.25) is 0 Å². The molecule has 0 aliphatic heterocycles. The number of hydrogen-bond donors (Lipinski definition) is 1. The molecule has 182 valence electrons. The summed E-state index contributed by atoms with van der Waals surface area (Å²) in [5, 5.41) is 12.1. The van der Waals surface area contributed by atoms with E-state index in [1.54, 1.807) is 7.11 Å². The molecule has 3 aliphatic rings. The van der Waals surface area contributed by atoms with Gasteiger partial charge in [0.15, 0.2) is 0 Å². The summed E-state index contributed by atoms with van der Waals surface area (Å²) in [6, 6.07) is 25.3. The van der Waals surface area contributed by atoms with Gasteiger partial charge in [-0.2, -0.15) is 0 Å². The van der Waals surface area contributed by atoms with E-state index in [9.17, 15) is 5.11 Å². The van der Waals surface area contributed by atoms with E-state index in [1.165, 1.54) is 23.1 Å². The third-order valence-electron chi connectivity index (χ3n) is 9.67. The molecule has 35 heavy (non-hydrogen) atoms. The Balaban J connectivity index is 1.22. The van der Waals surface area contributed by atoms with Crippen LogP contribution in [0, 0.1) is 17.3 Å². The summed E-state index contributed by atoms with van der Waals surface area (Å²) in [5.74, 6) is 3.61. The molecule has 0 bridgehead atoms. The first-order valence-corrected chi connectivity index (χ1v) is 13.2. The number of benzene rings is 3. The van der Waals surface area contributed by atoms with Crippen molar-refractivity contribution in [2.75, 3.05) is 7.11 Å². The Morgan fingerprint density at radius 3 is 2.43 bits per heavy atom. The smallest absolute Gasteiger partial charge is 0.120 e. The van der Waals surface area contributed by atoms with Crippen molar-refractivity contribution < 1.29 is 14.6 Å². The highest BCUT2D eigenvalue weighted by Gasteiger charge is 2.62. The molecule has 3 aromatic rings. The Morgan fingerprint density at radius 1 is 0.886 bits per heavy atom. The van der Waals surface area contributed by atoms with Gasteiger partial charge < -0.3 is 14.6 Å². The SMILES string of the molecule is COc1ccc([C@]2(O)CC[C@H]3[C@@H]4CCc5cc(OCc6ccccc6)ccc5[C@H]4CC[C@@]32C)cc1. The minimum Gasteiger partial charge on any atom is -0.497 e. The molecule has 3 aliphatic carbocycles. The molecule has 0 aromatic heterocycles. The summed E-state index contributed by atoms with van der Waals surface area (Å²) in [4.78, 5) is 0. The molecule has 3 nitrogen and oxygen atoms in total. The van der Waals surface area contributed by atoms with Crippen molar-refractivity contribution in [2.24, 2.45) is 17.3 Å².